The minimum atomic E-state index is -0.208. The predicted molar refractivity (Wildman–Crippen MR) is 107 cm³/mol. The fraction of sp³-hybridized carbons (Fsp3) is 0.524. The van der Waals surface area contributed by atoms with E-state index >= 15 is 0 Å². The van der Waals surface area contributed by atoms with Crippen molar-refractivity contribution in [3.05, 3.63) is 35.5 Å². The average molecular weight is 400 g/mol. The summed E-state index contributed by atoms with van der Waals surface area (Å²) in [6.45, 7) is 2.43. The number of morpholine rings is 1. The normalized spacial score (nSPS) is 24.5. The summed E-state index contributed by atoms with van der Waals surface area (Å²) in [4.78, 5) is 16.4. The zero-order chi connectivity index (χ0) is 19.1. The predicted octanol–water partition coefficient (Wildman–Crippen LogP) is 3.10. The first kappa shape index (κ1) is 18.2. The molecule has 1 aromatic heterocycles. The fourth-order valence-corrected chi connectivity index (χ4v) is 5.55. The van der Waals surface area contributed by atoms with Crippen LogP contribution in [0.3, 0.4) is 0 Å². The smallest absolute Gasteiger partial charge is 0.274 e. The quantitative estimate of drug-likeness (QED) is 0.841. The highest BCUT2D eigenvalue weighted by molar-refractivity contribution is 7.98. The molecular weight excluding hydrogens is 374 g/mol. The van der Waals surface area contributed by atoms with Crippen molar-refractivity contribution in [2.24, 2.45) is 0 Å². The van der Waals surface area contributed by atoms with Crippen LogP contribution in [0.25, 0.3) is 11.3 Å². The molecule has 1 saturated carbocycles. The van der Waals surface area contributed by atoms with Crippen molar-refractivity contribution in [3.8, 4) is 11.3 Å². The first-order chi connectivity index (χ1) is 13.7. The molecule has 0 bridgehead atoms. The van der Waals surface area contributed by atoms with E-state index in [1.807, 2.05) is 4.90 Å². The number of carbonyl (C=O) groups is 1. The van der Waals surface area contributed by atoms with Crippen LogP contribution in [0.2, 0.25) is 0 Å². The second-order valence-electron chi connectivity index (χ2n) is 7.77. The van der Waals surface area contributed by atoms with Gasteiger partial charge in [0.05, 0.1) is 31.1 Å². The molecule has 0 atom stereocenters. The van der Waals surface area contributed by atoms with Crippen molar-refractivity contribution in [2.45, 2.75) is 48.5 Å². The molecule has 2 fully saturated rings. The molecular formula is C21H25N3O3S. The molecule has 1 N–H and O–H groups in total. The van der Waals surface area contributed by atoms with Crippen molar-refractivity contribution in [1.82, 2.24) is 14.7 Å². The standard InChI is InChI=1S/C21H25N3O3S/c25-15-7-5-14(6-8-15)24-20-16-3-1-2-4-18(16)28-13-17(20)19(22-24)21(26)23-9-11-27-12-10-23/h1-4,14-15,25H,5-13H2. The highest BCUT2D eigenvalue weighted by Crippen LogP contribution is 2.45. The summed E-state index contributed by atoms with van der Waals surface area (Å²) >= 11 is 1.78. The molecule has 3 aliphatic rings. The van der Waals surface area contributed by atoms with Gasteiger partial charge < -0.3 is 14.7 Å². The molecule has 1 amide bonds. The third-order valence-corrected chi connectivity index (χ3v) is 7.14. The monoisotopic (exact) mass is 399 g/mol. The molecule has 1 aromatic carbocycles. The van der Waals surface area contributed by atoms with Crippen LogP contribution in [0.15, 0.2) is 29.2 Å². The molecule has 2 aliphatic heterocycles. The number of hydrogen-bond acceptors (Lipinski definition) is 5. The Balaban J connectivity index is 1.59. The maximum absolute atomic E-state index is 13.3. The highest BCUT2D eigenvalue weighted by atomic mass is 32.2. The number of hydrogen-bond donors (Lipinski definition) is 1. The van der Waals surface area contributed by atoms with Gasteiger partial charge in [0, 0.05) is 34.9 Å². The minimum absolute atomic E-state index is 0.0223. The first-order valence-electron chi connectivity index (χ1n) is 10.1. The van der Waals surface area contributed by atoms with Gasteiger partial charge in [0.1, 0.15) is 0 Å². The maximum atomic E-state index is 13.3. The molecule has 148 valence electrons. The van der Waals surface area contributed by atoms with Crippen molar-refractivity contribution >= 4 is 17.7 Å². The van der Waals surface area contributed by atoms with Crippen LogP contribution in [0.5, 0.6) is 0 Å². The zero-order valence-corrected chi connectivity index (χ0v) is 16.7. The lowest BCUT2D eigenvalue weighted by Gasteiger charge is -2.28. The van der Waals surface area contributed by atoms with E-state index in [1.54, 1.807) is 11.8 Å². The summed E-state index contributed by atoms with van der Waals surface area (Å²) in [7, 11) is 0. The summed E-state index contributed by atoms with van der Waals surface area (Å²) in [5.74, 6) is 0.793. The number of nitrogens with zero attached hydrogens (tertiary/aromatic N) is 3. The van der Waals surface area contributed by atoms with Gasteiger partial charge in [-0.1, -0.05) is 18.2 Å². The number of benzene rings is 1. The van der Waals surface area contributed by atoms with Crippen molar-refractivity contribution < 1.29 is 14.6 Å². The summed E-state index contributed by atoms with van der Waals surface area (Å²) < 4.78 is 7.51. The molecule has 0 spiro atoms. The Morgan fingerprint density at radius 1 is 1.14 bits per heavy atom. The lowest BCUT2D eigenvalue weighted by atomic mass is 9.92. The van der Waals surface area contributed by atoms with E-state index in [0.29, 0.717) is 32.0 Å². The highest BCUT2D eigenvalue weighted by Gasteiger charge is 2.34. The molecule has 1 saturated heterocycles. The van der Waals surface area contributed by atoms with E-state index in [9.17, 15) is 9.90 Å². The number of aliphatic hydroxyl groups excluding tert-OH is 1. The van der Waals surface area contributed by atoms with Crippen LogP contribution < -0.4 is 0 Å². The number of rotatable bonds is 2. The number of thioether (sulfide) groups is 1. The second-order valence-corrected chi connectivity index (χ2v) is 8.79. The Morgan fingerprint density at radius 3 is 2.68 bits per heavy atom. The van der Waals surface area contributed by atoms with Gasteiger partial charge in [-0.3, -0.25) is 9.48 Å². The second kappa shape index (κ2) is 7.54. The van der Waals surface area contributed by atoms with E-state index in [2.05, 4.69) is 28.9 Å². The summed E-state index contributed by atoms with van der Waals surface area (Å²) in [5, 5.41) is 14.8. The van der Waals surface area contributed by atoms with Crippen LogP contribution in [-0.4, -0.2) is 58.1 Å². The largest absolute Gasteiger partial charge is 0.393 e. The summed E-state index contributed by atoms with van der Waals surface area (Å²) in [5.41, 5.74) is 3.94. The molecule has 28 heavy (non-hydrogen) atoms. The molecule has 0 radical (unpaired) electrons. The van der Waals surface area contributed by atoms with Gasteiger partial charge in [-0.15, -0.1) is 11.8 Å². The van der Waals surface area contributed by atoms with Crippen molar-refractivity contribution in [1.29, 1.82) is 0 Å². The lowest BCUT2D eigenvalue weighted by Crippen LogP contribution is -2.41. The van der Waals surface area contributed by atoms with E-state index in [-0.39, 0.29) is 18.1 Å². The van der Waals surface area contributed by atoms with Gasteiger partial charge >= 0.3 is 0 Å². The molecule has 1 aliphatic carbocycles. The molecule has 3 heterocycles. The van der Waals surface area contributed by atoms with Gasteiger partial charge in [-0.05, 0) is 31.7 Å². The first-order valence-corrected chi connectivity index (χ1v) is 11.1. The van der Waals surface area contributed by atoms with E-state index < -0.39 is 0 Å². The SMILES string of the molecule is O=C(c1nn(C2CCC(O)CC2)c2c1CSc1ccccc1-2)N1CCOCC1. The Kier molecular flexibility index (Phi) is 4.90. The molecule has 5 rings (SSSR count). The lowest BCUT2D eigenvalue weighted by molar-refractivity contribution is 0.0297. The fourth-order valence-electron chi connectivity index (χ4n) is 4.48. The molecule has 0 unspecified atom stereocenters. The Morgan fingerprint density at radius 2 is 1.89 bits per heavy atom. The van der Waals surface area contributed by atoms with E-state index in [1.165, 1.54) is 10.5 Å². The molecule has 6 nitrogen and oxygen atoms in total. The van der Waals surface area contributed by atoms with E-state index in [4.69, 9.17) is 9.84 Å². The maximum Gasteiger partial charge on any atom is 0.274 e. The summed E-state index contributed by atoms with van der Waals surface area (Å²) in [6.07, 6.45) is 3.18. The summed E-state index contributed by atoms with van der Waals surface area (Å²) in [6, 6.07) is 8.64. The topological polar surface area (TPSA) is 67.6 Å². The van der Waals surface area contributed by atoms with Crippen LogP contribution in [0.1, 0.15) is 47.8 Å². The Bertz CT molecular complexity index is 883. The van der Waals surface area contributed by atoms with E-state index in [0.717, 1.165) is 42.7 Å². The Hall–Kier alpha value is -1.83. The number of ether oxygens (including phenoxy) is 1. The number of aromatic nitrogens is 2. The van der Waals surface area contributed by atoms with Crippen molar-refractivity contribution in [3.63, 3.8) is 0 Å². The van der Waals surface area contributed by atoms with Crippen LogP contribution in [0, 0.1) is 0 Å². The van der Waals surface area contributed by atoms with Crippen molar-refractivity contribution in [2.75, 3.05) is 26.3 Å². The minimum Gasteiger partial charge on any atom is -0.393 e. The van der Waals surface area contributed by atoms with Gasteiger partial charge in [-0.25, -0.2) is 0 Å². The van der Waals surface area contributed by atoms with Gasteiger partial charge in [0.25, 0.3) is 5.91 Å². The van der Waals surface area contributed by atoms with Crippen LogP contribution in [0.4, 0.5) is 0 Å². The molecule has 7 heteroatoms. The van der Waals surface area contributed by atoms with Gasteiger partial charge in [0.2, 0.25) is 0 Å². The molecule has 2 aromatic rings. The van der Waals surface area contributed by atoms with Crippen LogP contribution in [-0.2, 0) is 10.5 Å². The number of aliphatic hydroxyl groups is 1. The average Bonchev–Trinajstić information content (AvgIpc) is 3.14. The van der Waals surface area contributed by atoms with Crippen LogP contribution >= 0.6 is 11.8 Å². The third kappa shape index (κ3) is 3.15. The van der Waals surface area contributed by atoms with Gasteiger partial charge in [-0.2, -0.15) is 5.10 Å². The zero-order valence-electron chi connectivity index (χ0n) is 15.8. The van der Waals surface area contributed by atoms with Gasteiger partial charge in [0.15, 0.2) is 5.69 Å². The Labute approximate surface area is 168 Å². The number of carbonyl (C=O) groups excluding carboxylic acids is 1. The third-order valence-electron chi connectivity index (χ3n) is 6.04. The number of amides is 1. The number of fused-ring (bicyclic) bond motifs is 3.